The van der Waals surface area contributed by atoms with Gasteiger partial charge in [0.1, 0.15) is 0 Å². The Hall–Kier alpha value is -1.62. The quantitative estimate of drug-likeness (QED) is 0.744. The molecule has 0 saturated carbocycles. The Balaban J connectivity index is 1.95. The number of rotatable bonds is 1. The van der Waals surface area contributed by atoms with Crippen molar-refractivity contribution < 1.29 is 4.79 Å². The van der Waals surface area contributed by atoms with E-state index >= 15 is 0 Å². The van der Waals surface area contributed by atoms with Gasteiger partial charge in [-0.25, -0.2) is 0 Å². The summed E-state index contributed by atoms with van der Waals surface area (Å²) >= 11 is 0. The predicted molar refractivity (Wildman–Crippen MR) is 67.2 cm³/mol. The van der Waals surface area contributed by atoms with E-state index in [1.165, 1.54) is 0 Å². The number of likely N-dealkylation sites (tertiary alicyclic amines) is 1. The summed E-state index contributed by atoms with van der Waals surface area (Å²) in [6, 6.07) is 5.41. The molecule has 2 aliphatic rings. The molecule has 0 radical (unpaired) electrons. The maximum atomic E-state index is 11.8. The van der Waals surface area contributed by atoms with E-state index in [-0.39, 0.29) is 23.9 Å². The third-order valence-corrected chi connectivity index (χ3v) is 4.01. The summed E-state index contributed by atoms with van der Waals surface area (Å²) in [5, 5.41) is 0. The van der Waals surface area contributed by atoms with Gasteiger partial charge in [0.2, 0.25) is 5.91 Å². The van der Waals surface area contributed by atoms with Crippen LogP contribution in [0.3, 0.4) is 0 Å². The van der Waals surface area contributed by atoms with E-state index < -0.39 is 0 Å². The fourth-order valence-electron chi connectivity index (χ4n) is 3.23. The second-order valence-corrected chi connectivity index (χ2v) is 5.20. The van der Waals surface area contributed by atoms with E-state index in [0.717, 1.165) is 25.2 Å². The molecule has 3 heterocycles. The Kier molecular flexibility index (Phi) is 2.70. The molecular weight excluding hydrogens is 230 g/mol. The Labute approximate surface area is 105 Å². The van der Waals surface area contributed by atoms with Gasteiger partial charge in [0.25, 0.3) is 5.56 Å². The highest BCUT2D eigenvalue weighted by Gasteiger charge is 2.35. The highest BCUT2D eigenvalue weighted by atomic mass is 16.2. The van der Waals surface area contributed by atoms with Gasteiger partial charge in [0, 0.05) is 37.3 Å². The molecule has 1 amide bonds. The molecule has 0 spiro atoms. The third-order valence-electron chi connectivity index (χ3n) is 4.01. The molecule has 1 aromatic rings. The number of amides is 1. The zero-order chi connectivity index (χ0) is 12.7. The van der Waals surface area contributed by atoms with Gasteiger partial charge in [0.15, 0.2) is 0 Å². The second kappa shape index (κ2) is 4.24. The van der Waals surface area contributed by atoms with Gasteiger partial charge in [-0.3, -0.25) is 9.59 Å². The zero-order valence-electron chi connectivity index (χ0n) is 10.2. The summed E-state index contributed by atoms with van der Waals surface area (Å²) < 4.78 is 1.86. The molecule has 1 aromatic heterocycles. The number of hydrogen-bond donors (Lipinski definition) is 1. The van der Waals surface area contributed by atoms with Crippen LogP contribution in [0.4, 0.5) is 0 Å². The minimum Gasteiger partial charge on any atom is -0.341 e. The molecule has 96 valence electrons. The summed E-state index contributed by atoms with van der Waals surface area (Å²) in [6.07, 6.45) is 1.07. The number of aromatic nitrogens is 1. The van der Waals surface area contributed by atoms with E-state index in [4.69, 9.17) is 5.73 Å². The summed E-state index contributed by atoms with van der Waals surface area (Å²) in [5.74, 6) is 0.671. The van der Waals surface area contributed by atoms with E-state index in [1.807, 2.05) is 15.5 Å². The lowest BCUT2D eigenvalue weighted by Gasteiger charge is -2.42. The normalized spacial score (nSPS) is 25.7. The highest BCUT2D eigenvalue weighted by Crippen LogP contribution is 2.34. The van der Waals surface area contributed by atoms with Crippen molar-refractivity contribution >= 4 is 5.91 Å². The lowest BCUT2D eigenvalue weighted by molar-refractivity contribution is -0.132. The van der Waals surface area contributed by atoms with Crippen LogP contribution >= 0.6 is 0 Å². The minimum absolute atomic E-state index is 0.0106. The average Bonchev–Trinajstić information content (AvgIpc) is 2.39. The van der Waals surface area contributed by atoms with Crippen LogP contribution in [0.25, 0.3) is 0 Å². The van der Waals surface area contributed by atoms with Crippen molar-refractivity contribution in [3.8, 4) is 0 Å². The van der Waals surface area contributed by atoms with Crippen molar-refractivity contribution in [3.05, 3.63) is 34.2 Å². The average molecular weight is 247 g/mol. The van der Waals surface area contributed by atoms with Crippen molar-refractivity contribution in [3.63, 3.8) is 0 Å². The first-order valence-corrected chi connectivity index (χ1v) is 6.36. The molecule has 2 atom stereocenters. The number of carbonyl (C=O) groups excluding carboxylic acids is 1. The standard InChI is InChI=1S/C13H17N3O2/c14-5-13(18)15-6-9-4-10(8-15)11-2-1-3-12(17)16(11)7-9/h1-3,9-10H,4-8,14H2. The van der Waals surface area contributed by atoms with Crippen LogP contribution in [0.5, 0.6) is 0 Å². The van der Waals surface area contributed by atoms with E-state index in [0.29, 0.717) is 12.5 Å². The number of hydrogen-bond acceptors (Lipinski definition) is 3. The number of carbonyl (C=O) groups is 1. The molecular formula is C13H17N3O2. The molecule has 0 aromatic carbocycles. The van der Waals surface area contributed by atoms with E-state index in [9.17, 15) is 9.59 Å². The van der Waals surface area contributed by atoms with E-state index in [2.05, 4.69) is 0 Å². The Morgan fingerprint density at radius 2 is 2.17 bits per heavy atom. The highest BCUT2D eigenvalue weighted by molar-refractivity contribution is 5.78. The first-order valence-electron chi connectivity index (χ1n) is 6.36. The maximum Gasteiger partial charge on any atom is 0.250 e. The molecule has 2 aliphatic heterocycles. The number of piperidine rings is 1. The topological polar surface area (TPSA) is 68.3 Å². The molecule has 2 N–H and O–H groups in total. The third kappa shape index (κ3) is 1.75. The van der Waals surface area contributed by atoms with Crippen LogP contribution in [0.15, 0.2) is 23.0 Å². The molecule has 1 saturated heterocycles. The second-order valence-electron chi connectivity index (χ2n) is 5.20. The summed E-state index contributed by atoms with van der Waals surface area (Å²) in [6.45, 7) is 2.21. The smallest absolute Gasteiger partial charge is 0.250 e. The minimum atomic E-state index is 0.0106. The first kappa shape index (κ1) is 11.5. The van der Waals surface area contributed by atoms with Crippen LogP contribution < -0.4 is 11.3 Å². The number of pyridine rings is 1. The monoisotopic (exact) mass is 247 g/mol. The van der Waals surface area contributed by atoms with E-state index in [1.54, 1.807) is 12.1 Å². The van der Waals surface area contributed by atoms with Gasteiger partial charge in [0.05, 0.1) is 6.54 Å². The molecule has 1 fully saturated rings. The molecule has 2 bridgehead atoms. The van der Waals surface area contributed by atoms with Crippen LogP contribution in [-0.2, 0) is 11.3 Å². The molecule has 5 heteroatoms. The molecule has 3 rings (SSSR count). The number of nitrogens with zero attached hydrogens (tertiary/aromatic N) is 2. The fourth-order valence-corrected chi connectivity index (χ4v) is 3.23. The van der Waals surface area contributed by atoms with Crippen LogP contribution in [0.2, 0.25) is 0 Å². The first-order chi connectivity index (χ1) is 8.69. The van der Waals surface area contributed by atoms with Gasteiger partial charge in [-0.15, -0.1) is 0 Å². The lowest BCUT2D eigenvalue weighted by Crippen LogP contribution is -2.50. The van der Waals surface area contributed by atoms with Gasteiger partial charge in [-0.05, 0) is 18.4 Å². The van der Waals surface area contributed by atoms with Crippen molar-refractivity contribution in [1.29, 1.82) is 0 Å². The summed E-state index contributed by atoms with van der Waals surface area (Å²) in [5.41, 5.74) is 6.56. The predicted octanol–water partition coefficient (Wildman–Crippen LogP) is -0.247. The van der Waals surface area contributed by atoms with Crippen LogP contribution in [0, 0.1) is 5.92 Å². The number of fused-ring (bicyclic) bond motifs is 4. The van der Waals surface area contributed by atoms with Crippen molar-refractivity contribution in [2.24, 2.45) is 11.7 Å². The molecule has 18 heavy (non-hydrogen) atoms. The Morgan fingerprint density at radius 3 is 2.94 bits per heavy atom. The Morgan fingerprint density at radius 1 is 1.33 bits per heavy atom. The van der Waals surface area contributed by atoms with Gasteiger partial charge < -0.3 is 15.2 Å². The van der Waals surface area contributed by atoms with Crippen molar-refractivity contribution in [2.45, 2.75) is 18.9 Å². The van der Waals surface area contributed by atoms with Crippen molar-refractivity contribution in [1.82, 2.24) is 9.47 Å². The fraction of sp³-hybridized carbons (Fsp3) is 0.538. The van der Waals surface area contributed by atoms with Crippen LogP contribution in [0.1, 0.15) is 18.0 Å². The molecule has 2 unspecified atom stereocenters. The number of nitrogens with two attached hydrogens (primary N) is 1. The SMILES string of the molecule is NCC(=O)N1CC2CC(C1)c1cccc(=O)n1C2. The molecule has 5 nitrogen and oxygen atoms in total. The maximum absolute atomic E-state index is 11.8. The van der Waals surface area contributed by atoms with Crippen LogP contribution in [-0.4, -0.2) is 35.0 Å². The largest absolute Gasteiger partial charge is 0.341 e. The van der Waals surface area contributed by atoms with Gasteiger partial charge in [-0.2, -0.15) is 0 Å². The lowest BCUT2D eigenvalue weighted by atomic mass is 9.83. The Bertz CT molecular complexity index is 537. The molecule has 0 aliphatic carbocycles. The zero-order valence-corrected chi connectivity index (χ0v) is 10.2. The van der Waals surface area contributed by atoms with Gasteiger partial charge in [-0.1, -0.05) is 6.07 Å². The summed E-state index contributed by atoms with van der Waals surface area (Å²) in [7, 11) is 0. The van der Waals surface area contributed by atoms with Gasteiger partial charge >= 0.3 is 0 Å². The van der Waals surface area contributed by atoms with Crippen molar-refractivity contribution in [2.75, 3.05) is 19.6 Å². The summed E-state index contributed by atoms with van der Waals surface area (Å²) in [4.78, 5) is 25.4.